The third-order valence-electron chi connectivity index (χ3n) is 2.31. The van der Waals surface area contributed by atoms with Gasteiger partial charge < -0.3 is 21.5 Å². The van der Waals surface area contributed by atoms with E-state index in [0.29, 0.717) is 17.8 Å². The predicted octanol–water partition coefficient (Wildman–Crippen LogP) is -0.191. The Morgan fingerprint density at radius 3 is 2.72 bits per heavy atom. The molecule has 0 aromatic heterocycles. The van der Waals surface area contributed by atoms with Crippen LogP contribution in [-0.2, 0) is 9.53 Å². The average Bonchev–Trinajstić information content (AvgIpc) is 2.27. The molecule has 18 heavy (non-hydrogen) atoms. The second-order valence-corrected chi connectivity index (χ2v) is 3.81. The molecule has 0 saturated heterocycles. The highest BCUT2D eigenvalue weighted by Gasteiger charge is 2.11. The SMILES string of the molecule is Cc1cccc(N)c1C(=O)NCCOCC(N)=O. The minimum atomic E-state index is -0.538. The fourth-order valence-corrected chi connectivity index (χ4v) is 1.50. The molecule has 6 heteroatoms. The third-order valence-corrected chi connectivity index (χ3v) is 2.31. The molecule has 98 valence electrons. The number of primary amides is 1. The van der Waals surface area contributed by atoms with Crippen molar-refractivity contribution in [2.45, 2.75) is 6.92 Å². The summed E-state index contributed by atoms with van der Waals surface area (Å²) in [7, 11) is 0. The van der Waals surface area contributed by atoms with Crippen molar-refractivity contribution in [3.8, 4) is 0 Å². The largest absolute Gasteiger partial charge is 0.398 e. The van der Waals surface area contributed by atoms with Gasteiger partial charge in [-0.1, -0.05) is 12.1 Å². The summed E-state index contributed by atoms with van der Waals surface area (Å²) in [6, 6.07) is 5.28. The smallest absolute Gasteiger partial charge is 0.253 e. The van der Waals surface area contributed by atoms with Crippen LogP contribution in [0.5, 0.6) is 0 Å². The number of ether oxygens (including phenoxy) is 1. The molecule has 5 N–H and O–H groups in total. The van der Waals surface area contributed by atoms with Crippen molar-refractivity contribution in [2.24, 2.45) is 5.73 Å². The maximum Gasteiger partial charge on any atom is 0.253 e. The van der Waals surface area contributed by atoms with Crippen molar-refractivity contribution >= 4 is 17.5 Å². The van der Waals surface area contributed by atoms with Crippen molar-refractivity contribution in [3.63, 3.8) is 0 Å². The lowest BCUT2D eigenvalue weighted by atomic mass is 10.1. The summed E-state index contributed by atoms with van der Waals surface area (Å²) in [5.41, 5.74) is 12.3. The molecule has 1 rings (SSSR count). The molecule has 0 spiro atoms. The lowest BCUT2D eigenvalue weighted by Gasteiger charge is -2.10. The molecule has 0 fully saturated rings. The van der Waals surface area contributed by atoms with Gasteiger partial charge in [-0.05, 0) is 18.6 Å². The first-order valence-electron chi connectivity index (χ1n) is 5.51. The highest BCUT2D eigenvalue weighted by Crippen LogP contribution is 2.15. The Morgan fingerprint density at radius 2 is 2.11 bits per heavy atom. The zero-order valence-electron chi connectivity index (χ0n) is 10.2. The number of hydrogen-bond acceptors (Lipinski definition) is 4. The van der Waals surface area contributed by atoms with E-state index >= 15 is 0 Å². The second kappa shape index (κ2) is 6.61. The Balaban J connectivity index is 2.44. The van der Waals surface area contributed by atoms with Crippen molar-refractivity contribution in [1.82, 2.24) is 5.32 Å². The number of aryl methyl sites for hydroxylation is 1. The quantitative estimate of drug-likeness (QED) is 0.481. The number of nitrogens with one attached hydrogen (secondary N) is 1. The van der Waals surface area contributed by atoms with Crippen molar-refractivity contribution in [3.05, 3.63) is 29.3 Å². The molecule has 0 saturated carbocycles. The minimum absolute atomic E-state index is 0.150. The Morgan fingerprint density at radius 1 is 1.39 bits per heavy atom. The molecule has 2 amide bonds. The van der Waals surface area contributed by atoms with Crippen LogP contribution in [0.2, 0.25) is 0 Å². The Bertz CT molecular complexity index is 426. The van der Waals surface area contributed by atoms with Gasteiger partial charge in [-0.25, -0.2) is 0 Å². The van der Waals surface area contributed by atoms with Crippen LogP contribution in [0.1, 0.15) is 15.9 Å². The van der Waals surface area contributed by atoms with Gasteiger partial charge >= 0.3 is 0 Å². The van der Waals surface area contributed by atoms with Crippen molar-refractivity contribution in [1.29, 1.82) is 0 Å². The first kappa shape index (κ1) is 14.0. The fourth-order valence-electron chi connectivity index (χ4n) is 1.50. The third kappa shape index (κ3) is 4.06. The van der Waals surface area contributed by atoms with Crippen LogP contribution in [0.25, 0.3) is 0 Å². The molecule has 0 aliphatic carbocycles. The van der Waals surface area contributed by atoms with E-state index in [1.165, 1.54) is 0 Å². The van der Waals surface area contributed by atoms with Crippen LogP contribution in [0.4, 0.5) is 5.69 Å². The molecule has 0 radical (unpaired) electrons. The van der Waals surface area contributed by atoms with Crippen molar-refractivity contribution in [2.75, 3.05) is 25.5 Å². The van der Waals surface area contributed by atoms with Gasteiger partial charge in [0, 0.05) is 12.2 Å². The van der Waals surface area contributed by atoms with E-state index in [4.69, 9.17) is 16.2 Å². The van der Waals surface area contributed by atoms with Crippen molar-refractivity contribution < 1.29 is 14.3 Å². The van der Waals surface area contributed by atoms with Gasteiger partial charge in [0.15, 0.2) is 0 Å². The molecule has 0 heterocycles. The second-order valence-electron chi connectivity index (χ2n) is 3.81. The number of nitrogens with two attached hydrogens (primary N) is 2. The van der Waals surface area contributed by atoms with E-state index in [1.807, 2.05) is 13.0 Å². The predicted molar refractivity (Wildman–Crippen MR) is 67.9 cm³/mol. The number of hydrogen-bond donors (Lipinski definition) is 3. The van der Waals surface area contributed by atoms with Gasteiger partial charge in [-0.3, -0.25) is 9.59 Å². The number of anilines is 1. The summed E-state index contributed by atoms with van der Waals surface area (Å²) in [5.74, 6) is -0.794. The molecule has 0 aliphatic rings. The fraction of sp³-hybridized carbons (Fsp3) is 0.333. The van der Waals surface area contributed by atoms with Crippen LogP contribution >= 0.6 is 0 Å². The zero-order valence-corrected chi connectivity index (χ0v) is 10.2. The van der Waals surface area contributed by atoms with E-state index in [1.54, 1.807) is 12.1 Å². The summed E-state index contributed by atoms with van der Waals surface area (Å²) in [6.07, 6.45) is 0. The number of amides is 2. The summed E-state index contributed by atoms with van der Waals surface area (Å²) in [6.45, 7) is 2.18. The minimum Gasteiger partial charge on any atom is -0.398 e. The highest BCUT2D eigenvalue weighted by molar-refractivity contribution is 6.00. The first-order valence-corrected chi connectivity index (χ1v) is 5.51. The van der Waals surface area contributed by atoms with E-state index < -0.39 is 5.91 Å². The maximum absolute atomic E-state index is 11.8. The van der Waals surface area contributed by atoms with Crippen LogP contribution in [-0.4, -0.2) is 31.6 Å². The van der Waals surface area contributed by atoms with E-state index in [2.05, 4.69) is 5.32 Å². The number of carbonyl (C=O) groups is 2. The number of nitrogen functional groups attached to an aromatic ring is 1. The molecular weight excluding hydrogens is 234 g/mol. The number of rotatable bonds is 6. The summed E-state index contributed by atoms with van der Waals surface area (Å²) >= 11 is 0. The summed E-state index contributed by atoms with van der Waals surface area (Å²) < 4.78 is 4.92. The van der Waals surface area contributed by atoms with Gasteiger partial charge in [0.2, 0.25) is 5.91 Å². The van der Waals surface area contributed by atoms with E-state index in [-0.39, 0.29) is 19.1 Å². The lowest BCUT2D eigenvalue weighted by molar-refractivity contribution is -0.122. The Labute approximate surface area is 105 Å². The van der Waals surface area contributed by atoms with E-state index in [9.17, 15) is 9.59 Å². The monoisotopic (exact) mass is 251 g/mol. The first-order chi connectivity index (χ1) is 8.52. The van der Waals surface area contributed by atoms with Gasteiger partial charge in [-0.15, -0.1) is 0 Å². The molecule has 0 aliphatic heterocycles. The maximum atomic E-state index is 11.8. The van der Waals surface area contributed by atoms with Crippen LogP contribution in [0, 0.1) is 6.92 Å². The van der Waals surface area contributed by atoms with Gasteiger partial charge in [0.05, 0.1) is 12.2 Å². The van der Waals surface area contributed by atoms with Crippen LogP contribution in [0.3, 0.4) is 0 Å². The topological polar surface area (TPSA) is 107 Å². The van der Waals surface area contributed by atoms with Crippen LogP contribution in [0.15, 0.2) is 18.2 Å². The lowest BCUT2D eigenvalue weighted by Crippen LogP contribution is -2.29. The number of benzene rings is 1. The molecule has 1 aromatic carbocycles. The zero-order chi connectivity index (χ0) is 13.5. The summed E-state index contributed by atoms with van der Waals surface area (Å²) in [4.78, 5) is 22.2. The molecule has 6 nitrogen and oxygen atoms in total. The van der Waals surface area contributed by atoms with E-state index in [0.717, 1.165) is 5.56 Å². The Kier molecular flexibility index (Phi) is 5.13. The normalized spacial score (nSPS) is 10.1. The summed E-state index contributed by atoms with van der Waals surface area (Å²) in [5, 5.41) is 2.66. The Hall–Kier alpha value is -2.08. The molecule has 0 bridgehead atoms. The molecular formula is C12H17N3O3. The standard InChI is InChI=1S/C12H17N3O3/c1-8-3-2-4-9(13)11(8)12(17)15-5-6-18-7-10(14)16/h2-4H,5-7,13H2,1H3,(H2,14,16)(H,15,17). The van der Waals surface area contributed by atoms with Crippen LogP contribution < -0.4 is 16.8 Å². The van der Waals surface area contributed by atoms with Gasteiger partial charge in [-0.2, -0.15) is 0 Å². The van der Waals surface area contributed by atoms with Gasteiger partial charge in [0.25, 0.3) is 5.91 Å². The molecule has 0 unspecified atom stereocenters. The highest BCUT2D eigenvalue weighted by atomic mass is 16.5. The average molecular weight is 251 g/mol. The molecule has 0 atom stereocenters. The number of carbonyl (C=O) groups excluding carboxylic acids is 2. The van der Waals surface area contributed by atoms with Gasteiger partial charge in [0.1, 0.15) is 6.61 Å². The molecule has 1 aromatic rings.